The minimum atomic E-state index is 0.488. The molecular formula is C8H13NO. The minimum absolute atomic E-state index is 0.488. The molecule has 0 bridgehead atoms. The summed E-state index contributed by atoms with van der Waals surface area (Å²) < 4.78 is 5.21. The number of hydrogen-bond donors (Lipinski definition) is 0. The highest BCUT2D eigenvalue weighted by Crippen LogP contribution is 2.26. The number of unbranched alkanes of at least 4 members (excludes halogenated alkanes) is 2. The molecule has 0 N–H and O–H groups in total. The second kappa shape index (κ2) is 3.58. The topological polar surface area (TPSA) is 36.3 Å². The molecule has 0 aliphatic carbocycles. The van der Waals surface area contributed by atoms with Crippen LogP contribution in [0.2, 0.25) is 0 Å². The Labute approximate surface area is 61.8 Å². The third-order valence-electron chi connectivity index (χ3n) is 1.86. The second-order valence-corrected chi connectivity index (χ2v) is 2.78. The van der Waals surface area contributed by atoms with Crippen molar-refractivity contribution < 1.29 is 4.74 Å². The van der Waals surface area contributed by atoms with Crippen molar-refractivity contribution in [2.45, 2.75) is 44.8 Å². The van der Waals surface area contributed by atoms with Gasteiger partial charge < -0.3 is 4.74 Å². The molecule has 1 saturated heterocycles. The van der Waals surface area contributed by atoms with E-state index in [-0.39, 0.29) is 0 Å². The monoisotopic (exact) mass is 139 g/mol. The maximum atomic E-state index is 8.22. The summed E-state index contributed by atoms with van der Waals surface area (Å²) in [6.45, 7) is 2.09. The number of ether oxygens (including phenoxy) is 1. The van der Waals surface area contributed by atoms with Crippen LogP contribution in [0.15, 0.2) is 0 Å². The van der Waals surface area contributed by atoms with E-state index in [2.05, 4.69) is 13.0 Å². The molecule has 0 spiro atoms. The third-order valence-corrected chi connectivity index (χ3v) is 1.86. The van der Waals surface area contributed by atoms with Crippen LogP contribution in [0.3, 0.4) is 0 Å². The van der Waals surface area contributed by atoms with Gasteiger partial charge >= 0.3 is 0 Å². The van der Waals surface area contributed by atoms with E-state index in [1.165, 1.54) is 0 Å². The smallest absolute Gasteiger partial charge is 0.0839 e. The Morgan fingerprint density at radius 3 is 2.70 bits per heavy atom. The molecule has 2 heteroatoms. The number of nitrogens with zero attached hydrogens (tertiary/aromatic N) is 1. The quantitative estimate of drug-likeness (QED) is 0.440. The highest BCUT2D eigenvalue weighted by atomic mass is 16.6. The van der Waals surface area contributed by atoms with Gasteiger partial charge in [-0.1, -0.05) is 0 Å². The largest absolute Gasteiger partial charge is 0.370 e. The van der Waals surface area contributed by atoms with Gasteiger partial charge in [0.15, 0.2) is 0 Å². The zero-order valence-corrected chi connectivity index (χ0v) is 6.34. The fourth-order valence-electron chi connectivity index (χ4n) is 1.08. The van der Waals surface area contributed by atoms with E-state index < -0.39 is 0 Å². The molecule has 0 radical (unpaired) electrons. The van der Waals surface area contributed by atoms with Crippen molar-refractivity contribution in [2.75, 3.05) is 0 Å². The summed E-state index contributed by atoms with van der Waals surface area (Å²) in [6.07, 6.45) is 5.01. The molecule has 0 saturated carbocycles. The first-order chi connectivity index (χ1) is 4.84. The summed E-state index contributed by atoms with van der Waals surface area (Å²) in [7, 11) is 0. The molecule has 2 nitrogen and oxygen atoms in total. The Morgan fingerprint density at radius 2 is 2.20 bits per heavy atom. The van der Waals surface area contributed by atoms with Gasteiger partial charge in [0.1, 0.15) is 0 Å². The highest BCUT2D eigenvalue weighted by molar-refractivity contribution is 4.80. The zero-order valence-electron chi connectivity index (χ0n) is 6.34. The van der Waals surface area contributed by atoms with Crippen LogP contribution in [-0.4, -0.2) is 12.2 Å². The molecule has 0 aromatic rings. The highest BCUT2D eigenvalue weighted by Gasteiger charge is 2.32. The van der Waals surface area contributed by atoms with Crippen LogP contribution in [0.5, 0.6) is 0 Å². The van der Waals surface area contributed by atoms with Crippen LogP contribution in [0.4, 0.5) is 0 Å². The van der Waals surface area contributed by atoms with Gasteiger partial charge in [-0.05, 0) is 26.2 Å². The van der Waals surface area contributed by atoms with Crippen molar-refractivity contribution in [1.29, 1.82) is 5.26 Å². The Bertz CT molecular complexity index is 139. The molecule has 1 aliphatic heterocycles. The van der Waals surface area contributed by atoms with Crippen LogP contribution >= 0.6 is 0 Å². The number of epoxide rings is 1. The van der Waals surface area contributed by atoms with Crippen LogP contribution in [-0.2, 0) is 4.74 Å². The molecular weight excluding hydrogens is 126 g/mol. The Balaban J connectivity index is 1.83. The van der Waals surface area contributed by atoms with Gasteiger partial charge in [-0.2, -0.15) is 5.26 Å². The number of rotatable bonds is 4. The van der Waals surface area contributed by atoms with Gasteiger partial charge in [0.25, 0.3) is 0 Å². The lowest BCUT2D eigenvalue weighted by Gasteiger charge is -1.90. The van der Waals surface area contributed by atoms with Crippen LogP contribution in [0.25, 0.3) is 0 Å². The fourth-order valence-corrected chi connectivity index (χ4v) is 1.08. The van der Waals surface area contributed by atoms with Crippen LogP contribution in [0.1, 0.15) is 32.6 Å². The first kappa shape index (κ1) is 7.56. The molecule has 1 heterocycles. The zero-order chi connectivity index (χ0) is 7.40. The van der Waals surface area contributed by atoms with E-state index in [0.29, 0.717) is 18.6 Å². The lowest BCUT2D eigenvalue weighted by atomic mass is 10.1. The van der Waals surface area contributed by atoms with Crippen molar-refractivity contribution in [3.8, 4) is 6.07 Å². The molecule has 1 aliphatic rings. The van der Waals surface area contributed by atoms with Gasteiger partial charge in [-0.25, -0.2) is 0 Å². The lowest BCUT2D eigenvalue weighted by Crippen LogP contribution is -1.88. The molecule has 0 aromatic heterocycles. The molecule has 0 amide bonds. The number of hydrogen-bond acceptors (Lipinski definition) is 2. The maximum Gasteiger partial charge on any atom is 0.0839 e. The van der Waals surface area contributed by atoms with E-state index in [9.17, 15) is 0 Å². The van der Waals surface area contributed by atoms with Crippen molar-refractivity contribution in [3.05, 3.63) is 0 Å². The van der Waals surface area contributed by atoms with E-state index >= 15 is 0 Å². The van der Waals surface area contributed by atoms with Gasteiger partial charge in [-0.15, -0.1) is 0 Å². The molecule has 0 unspecified atom stereocenters. The standard InChI is InChI=1S/C8H13NO/c1-7-8(10-7)5-3-2-4-6-9/h7-8H,2-5H2,1H3/t7-,8-/m0/s1. The summed E-state index contributed by atoms with van der Waals surface area (Å²) in [6, 6.07) is 2.13. The first-order valence-corrected chi connectivity index (χ1v) is 3.87. The Kier molecular flexibility index (Phi) is 2.70. The van der Waals surface area contributed by atoms with Crippen molar-refractivity contribution in [3.63, 3.8) is 0 Å². The summed E-state index contributed by atoms with van der Waals surface area (Å²) in [5.41, 5.74) is 0. The normalized spacial score (nSPS) is 29.6. The van der Waals surface area contributed by atoms with E-state index in [4.69, 9.17) is 10.00 Å². The van der Waals surface area contributed by atoms with Crippen LogP contribution in [0, 0.1) is 11.3 Å². The molecule has 56 valence electrons. The molecule has 1 rings (SSSR count). The average Bonchev–Trinajstić information content (AvgIpc) is 2.60. The van der Waals surface area contributed by atoms with Gasteiger partial charge in [0, 0.05) is 6.42 Å². The average molecular weight is 139 g/mol. The van der Waals surface area contributed by atoms with Crippen molar-refractivity contribution in [2.24, 2.45) is 0 Å². The van der Waals surface area contributed by atoms with E-state index in [1.54, 1.807) is 0 Å². The summed E-state index contributed by atoms with van der Waals surface area (Å²) in [5, 5.41) is 8.22. The van der Waals surface area contributed by atoms with Crippen molar-refractivity contribution >= 4 is 0 Å². The predicted molar refractivity (Wildman–Crippen MR) is 38.4 cm³/mol. The van der Waals surface area contributed by atoms with Crippen molar-refractivity contribution in [1.82, 2.24) is 0 Å². The summed E-state index contributed by atoms with van der Waals surface area (Å²) in [5.74, 6) is 0. The van der Waals surface area contributed by atoms with E-state index in [0.717, 1.165) is 19.3 Å². The van der Waals surface area contributed by atoms with Gasteiger partial charge in [0.2, 0.25) is 0 Å². The van der Waals surface area contributed by atoms with E-state index in [1.807, 2.05) is 0 Å². The van der Waals surface area contributed by atoms with Crippen LogP contribution < -0.4 is 0 Å². The number of nitriles is 1. The Hall–Kier alpha value is -0.550. The molecule has 2 atom stereocenters. The predicted octanol–water partition coefficient (Wildman–Crippen LogP) is 1.86. The summed E-state index contributed by atoms with van der Waals surface area (Å²) >= 11 is 0. The third kappa shape index (κ3) is 2.36. The minimum Gasteiger partial charge on any atom is -0.370 e. The van der Waals surface area contributed by atoms with Gasteiger partial charge in [-0.3, -0.25) is 0 Å². The Morgan fingerprint density at radius 1 is 1.50 bits per heavy atom. The second-order valence-electron chi connectivity index (χ2n) is 2.78. The first-order valence-electron chi connectivity index (χ1n) is 3.87. The SMILES string of the molecule is C[C@@H]1O[C@H]1CCCCC#N. The van der Waals surface area contributed by atoms with Gasteiger partial charge in [0.05, 0.1) is 18.3 Å². The fraction of sp³-hybridized carbons (Fsp3) is 0.875. The molecule has 0 aromatic carbocycles. The molecule has 1 fully saturated rings. The summed E-state index contributed by atoms with van der Waals surface area (Å²) in [4.78, 5) is 0. The molecule has 10 heavy (non-hydrogen) atoms. The maximum absolute atomic E-state index is 8.22. The lowest BCUT2D eigenvalue weighted by molar-refractivity contribution is 0.366.